The molecular formula is C19H25NO. The Balaban J connectivity index is 2.41. The molecule has 0 amide bonds. The number of aryl methyl sites for hydroxylation is 4. The Morgan fingerprint density at radius 1 is 0.905 bits per heavy atom. The maximum absolute atomic E-state index is 10.9. The lowest BCUT2D eigenvalue weighted by atomic mass is 9.84. The first-order valence-corrected chi connectivity index (χ1v) is 7.46. The number of benzene rings is 2. The van der Waals surface area contributed by atoms with E-state index in [1.54, 1.807) is 0 Å². The van der Waals surface area contributed by atoms with Crippen molar-refractivity contribution >= 4 is 0 Å². The van der Waals surface area contributed by atoms with Crippen molar-refractivity contribution in [3.63, 3.8) is 0 Å². The number of hydrogen-bond acceptors (Lipinski definition) is 2. The van der Waals surface area contributed by atoms with Gasteiger partial charge in [-0.2, -0.15) is 0 Å². The Bertz CT molecular complexity index is 593. The molecular weight excluding hydrogens is 258 g/mol. The molecule has 0 aliphatic carbocycles. The van der Waals surface area contributed by atoms with E-state index >= 15 is 0 Å². The molecule has 2 heteroatoms. The average Bonchev–Trinajstić information content (AvgIpc) is 2.40. The molecule has 0 saturated carbocycles. The highest BCUT2D eigenvalue weighted by Crippen LogP contribution is 2.34. The molecule has 0 fully saturated rings. The van der Waals surface area contributed by atoms with Crippen LogP contribution >= 0.6 is 0 Å². The molecule has 2 aromatic rings. The standard InChI is InChI=1S/C19H25NO/c1-12-5-7-16(8-6-12)17(11-20)19(21)18-14(3)9-13(2)10-15(18)4/h5-10,17,19,21H,11,20H2,1-4H3. The quantitative estimate of drug-likeness (QED) is 0.899. The molecule has 2 unspecified atom stereocenters. The molecule has 2 aromatic carbocycles. The summed E-state index contributed by atoms with van der Waals surface area (Å²) >= 11 is 0. The van der Waals surface area contributed by atoms with Gasteiger partial charge in [0.25, 0.3) is 0 Å². The van der Waals surface area contributed by atoms with Crippen LogP contribution in [-0.4, -0.2) is 11.7 Å². The van der Waals surface area contributed by atoms with Crippen molar-refractivity contribution in [3.8, 4) is 0 Å². The Hall–Kier alpha value is -1.64. The Kier molecular flexibility index (Phi) is 4.81. The van der Waals surface area contributed by atoms with Crippen LogP contribution in [0.3, 0.4) is 0 Å². The number of nitrogens with two attached hydrogens (primary N) is 1. The van der Waals surface area contributed by atoms with E-state index in [-0.39, 0.29) is 5.92 Å². The Morgan fingerprint density at radius 3 is 1.90 bits per heavy atom. The third-order valence-corrected chi connectivity index (χ3v) is 4.17. The van der Waals surface area contributed by atoms with Gasteiger partial charge < -0.3 is 10.8 Å². The highest BCUT2D eigenvalue weighted by atomic mass is 16.3. The monoisotopic (exact) mass is 283 g/mol. The third-order valence-electron chi connectivity index (χ3n) is 4.17. The number of hydrogen-bond donors (Lipinski definition) is 2. The minimum Gasteiger partial charge on any atom is -0.388 e. The van der Waals surface area contributed by atoms with Crippen LogP contribution in [0.4, 0.5) is 0 Å². The molecule has 0 bridgehead atoms. The van der Waals surface area contributed by atoms with Gasteiger partial charge in [-0.1, -0.05) is 47.5 Å². The summed E-state index contributed by atoms with van der Waals surface area (Å²) < 4.78 is 0. The molecule has 2 nitrogen and oxygen atoms in total. The first-order chi connectivity index (χ1) is 9.93. The first kappa shape index (κ1) is 15.7. The van der Waals surface area contributed by atoms with Crippen molar-refractivity contribution in [2.75, 3.05) is 6.54 Å². The third kappa shape index (κ3) is 3.34. The molecule has 0 radical (unpaired) electrons. The van der Waals surface area contributed by atoms with Crippen LogP contribution in [-0.2, 0) is 0 Å². The normalized spacial score (nSPS) is 14.0. The van der Waals surface area contributed by atoms with Crippen LogP contribution in [0.15, 0.2) is 36.4 Å². The molecule has 0 aromatic heterocycles. The lowest BCUT2D eigenvalue weighted by molar-refractivity contribution is 0.146. The molecule has 0 aliphatic heterocycles. The van der Waals surface area contributed by atoms with Crippen molar-refractivity contribution in [1.82, 2.24) is 0 Å². The SMILES string of the molecule is Cc1ccc(C(CN)C(O)c2c(C)cc(C)cc2C)cc1. The Morgan fingerprint density at radius 2 is 1.43 bits per heavy atom. The summed E-state index contributed by atoms with van der Waals surface area (Å²) in [5.41, 5.74) is 12.8. The largest absolute Gasteiger partial charge is 0.388 e. The van der Waals surface area contributed by atoms with E-state index in [4.69, 9.17) is 5.73 Å². The van der Waals surface area contributed by atoms with E-state index in [0.29, 0.717) is 6.54 Å². The molecule has 3 N–H and O–H groups in total. The van der Waals surface area contributed by atoms with E-state index in [1.165, 1.54) is 11.1 Å². The minimum absolute atomic E-state index is 0.0780. The predicted octanol–water partition coefficient (Wildman–Crippen LogP) is 3.70. The van der Waals surface area contributed by atoms with E-state index < -0.39 is 6.10 Å². The first-order valence-electron chi connectivity index (χ1n) is 7.46. The van der Waals surface area contributed by atoms with E-state index in [0.717, 1.165) is 22.3 Å². The van der Waals surface area contributed by atoms with Crippen LogP contribution in [0.25, 0.3) is 0 Å². The summed E-state index contributed by atoms with van der Waals surface area (Å²) in [5, 5.41) is 10.9. The van der Waals surface area contributed by atoms with Gasteiger partial charge in [-0.15, -0.1) is 0 Å². The molecule has 2 rings (SSSR count). The van der Waals surface area contributed by atoms with Gasteiger partial charge in [0.15, 0.2) is 0 Å². The fraction of sp³-hybridized carbons (Fsp3) is 0.368. The van der Waals surface area contributed by atoms with Crippen molar-refractivity contribution in [2.24, 2.45) is 5.73 Å². The van der Waals surface area contributed by atoms with Crippen LogP contribution in [0, 0.1) is 27.7 Å². The molecule has 0 spiro atoms. The summed E-state index contributed by atoms with van der Waals surface area (Å²) in [7, 11) is 0. The van der Waals surface area contributed by atoms with Crippen molar-refractivity contribution in [3.05, 3.63) is 69.8 Å². The summed E-state index contributed by atoms with van der Waals surface area (Å²) in [5.74, 6) is -0.0780. The Labute approximate surface area is 127 Å². The molecule has 0 saturated heterocycles. The molecule has 21 heavy (non-hydrogen) atoms. The highest BCUT2D eigenvalue weighted by Gasteiger charge is 2.24. The summed E-state index contributed by atoms with van der Waals surface area (Å²) in [6, 6.07) is 12.5. The van der Waals surface area contributed by atoms with Gasteiger partial charge in [-0.05, 0) is 49.9 Å². The zero-order valence-electron chi connectivity index (χ0n) is 13.4. The van der Waals surface area contributed by atoms with Crippen LogP contribution in [0.5, 0.6) is 0 Å². The lowest BCUT2D eigenvalue weighted by Crippen LogP contribution is -2.21. The molecule has 2 atom stereocenters. The maximum Gasteiger partial charge on any atom is 0.0875 e. The van der Waals surface area contributed by atoms with Gasteiger partial charge in [0.05, 0.1) is 6.10 Å². The second-order valence-electron chi connectivity index (χ2n) is 6.01. The fourth-order valence-corrected chi connectivity index (χ4v) is 3.12. The highest BCUT2D eigenvalue weighted by molar-refractivity contribution is 5.41. The summed E-state index contributed by atoms with van der Waals surface area (Å²) in [6.07, 6.45) is -0.571. The number of aliphatic hydroxyl groups excluding tert-OH is 1. The van der Waals surface area contributed by atoms with Crippen LogP contribution in [0.2, 0.25) is 0 Å². The zero-order valence-corrected chi connectivity index (χ0v) is 13.4. The van der Waals surface area contributed by atoms with Crippen LogP contribution < -0.4 is 5.73 Å². The van der Waals surface area contributed by atoms with Gasteiger partial charge in [-0.25, -0.2) is 0 Å². The second-order valence-corrected chi connectivity index (χ2v) is 6.01. The van der Waals surface area contributed by atoms with Crippen LogP contribution in [0.1, 0.15) is 45.4 Å². The fourth-order valence-electron chi connectivity index (χ4n) is 3.12. The van der Waals surface area contributed by atoms with Crippen molar-refractivity contribution in [1.29, 1.82) is 0 Å². The lowest BCUT2D eigenvalue weighted by Gasteiger charge is -2.25. The maximum atomic E-state index is 10.9. The second kappa shape index (κ2) is 6.42. The van der Waals surface area contributed by atoms with Crippen molar-refractivity contribution in [2.45, 2.75) is 39.7 Å². The summed E-state index contributed by atoms with van der Waals surface area (Å²) in [4.78, 5) is 0. The molecule has 0 heterocycles. The average molecular weight is 283 g/mol. The van der Waals surface area contributed by atoms with E-state index in [9.17, 15) is 5.11 Å². The van der Waals surface area contributed by atoms with Gasteiger partial charge in [0.1, 0.15) is 0 Å². The van der Waals surface area contributed by atoms with E-state index in [2.05, 4.69) is 64.1 Å². The van der Waals surface area contributed by atoms with Gasteiger partial charge in [0, 0.05) is 12.5 Å². The van der Waals surface area contributed by atoms with Gasteiger partial charge in [-0.3, -0.25) is 0 Å². The van der Waals surface area contributed by atoms with Gasteiger partial charge >= 0.3 is 0 Å². The predicted molar refractivity (Wildman–Crippen MR) is 88.6 cm³/mol. The van der Waals surface area contributed by atoms with E-state index in [1.807, 2.05) is 0 Å². The number of aliphatic hydroxyl groups is 1. The smallest absolute Gasteiger partial charge is 0.0875 e. The zero-order chi connectivity index (χ0) is 15.6. The molecule has 112 valence electrons. The van der Waals surface area contributed by atoms with Crippen molar-refractivity contribution < 1.29 is 5.11 Å². The number of rotatable bonds is 4. The molecule has 0 aliphatic rings. The van der Waals surface area contributed by atoms with Gasteiger partial charge in [0.2, 0.25) is 0 Å². The topological polar surface area (TPSA) is 46.2 Å². The minimum atomic E-state index is -0.571. The summed E-state index contributed by atoms with van der Waals surface area (Å²) in [6.45, 7) is 8.68.